The maximum atomic E-state index is 12.7. The third kappa shape index (κ3) is 41.9. The molecule has 0 rings (SSSR count). The molecule has 0 aliphatic heterocycles. The Labute approximate surface area is 390 Å². The fourth-order valence-electron chi connectivity index (χ4n) is 6.43. The average molecular weight is 975 g/mol. The monoisotopic (exact) mass is 975 g/mol. The Bertz CT molecular complexity index is 1300. The Morgan fingerprint density at radius 3 is 0.954 bits per heavy atom. The number of carbonyl (C=O) groups excluding carboxylic acids is 4. The maximum absolute atomic E-state index is 12.7. The van der Waals surface area contributed by atoms with Gasteiger partial charge >= 0.3 is 39.5 Å². The average Bonchev–Trinajstić information content (AvgIpc) is 3.27. The summed E-state index contributed by atoms with van der Waals surface area (Å²) in [5.41, 5.74) is 0. The molecule has 0 aliphatic rings. The van der Waals surface area contributed by atoms with Crippen LogP contribution in [-0.4, -0.2) is 96.7 Å². The largest absolute Gasteiger partial charge is 0.472 e. The van der Waals surface area contributed by atoms with Gasteiger partial charge < -0.3 is 33.8 Å². The second-order valence-electron chi connectivity index (χ2n) is 16.8. The van der Waals surface area contributed by atoms with E-state index in [1.165, 1.54) is 32.1 Å². The van der Waals surface area contributed by atoms with Crippen LogP contribution in [0.5, 0.6) is 0 Å². The quantitative estimate of drug-likeness (QED) is 0.0222. The third-order valence-electron chi connectivity index (χ3n) is 10.4. The zero-order valence-electron chi connectivity index (χ0n) is 40.4. The van der Waals surface area contributed by atoms with E-state index in [0.717, 1.165) is 103 Å². The van der Waals surface area contributed by atoms with Gasteiger partial charge in [-0.25, -0.2) is 9.13 Å². The van der Waals surface area contributed by atoms with Crippen LogP contribution in [0.2, 0.25) is 0 Å². The predicted molar refractivity (Wildman–Crippen MR) is 248 cm³/mol. The Morgan fingerprint density at radius 2 is 0.631 bits per heavy atom. The summed E-state index contributed by atoms with van der Waals surface area (Å²) in [6.07, 6.45) is 21.2. The van der Waals surface area contributed by atoms with Crippen molar-refractivity contribution in [3.8, 4) is 0 Å². The number of aliphatic hydroxyl groups excluding tert-OH is 1. The molecule has 0 saturated heterocycles. The van der Waals surface area contributed by atoms with Gasteiger partial charge in [0.15, 0.2) is 12.2 Å². The van der Waals surface area contributed by atoms with Gasteiger partial charge in [-0.05, 0) is 25.7 Å². The fourth-order valence-corrected chi connectivity index (χ4v) is 8.01. The summed E-state index contributed by atoms with van der Waals surface area (Å²) in [6.45, 7) is 4.39. The van der Waals surface area contributed by atoms with E-state index in [-0.39, 0.29) is 25.7 Å². The van der Waals surface area contributed by atoms with Crippen molar-refractivity contribution in [2.75, 3.05) is 39.6 Å². The first kappa shape index (κ1) is 63.1. The molecule has 2 unspecified atom stereocenters. The van der Waals surface area contributed by atoms with Crippen molar-refractivity contribution in [3.05, 3.63) is 0 Å². The lowest BCUT2D eigenvalue weighted by atomic mass is 10.1. The molecular weight excluding hydrogens is 886 g/mol. The highest BCUT2D eigenvalue weighted by Crippen LogP contribution is 2.45. The summed E-state index contributed by atoms with van der Waals surface area (Å²) in [5.74, 6) is -2.21. The number of phosphoric ester groups is 2. The molecule has 0 aliphatic carbocycles. The van der Waals surface area contributed by atoms with E-state index in [4.69, 9.17) is 37.0 Å². The summed E-state index contributed by atoms with van der Waals surface area (Å²) in [6, 6.07) is 0. The van der Waals surface area contributed by atoms with Crippen LogP contribution in [0, 0.1) is 0 Å². The van der Waals surface area contributed by atoms with Crippen LogP contribution in [0.3, 0.4) is 0 Å². The van der Waals surface area contributed by atoms with Crippen molar-refractivity contribution in [1.82, 2.24) is 0 Å². The standard InChI is InChI=1S/C46H88O17P2/c1-5-9-13-16-19-20-23-26-29-33-46(51)63-42(37-57-44(49)31-27-24-21-17-14-10-6-2)39-61-65(54,55)59-35-40(47)34-58-64(52,53)60-38-41(36-56-43(48)30-12-8-4)62-45(50)32-28-25-22-18-15-11-7-3/h40-42,47H,5-39H2,1-4H3,(H,52,53)(H,54,55)/t40-,41-,42-/m1/s1. The number of aliphatic hydroxyl groups is 1. The van der Waals surface area contributed by atoms with Crippen molar-refractivity contribution in [1.29, 1.82) is 0 Å². The number of phosphoric acid groups is 2. The van der Waals surface area contributed by atoms with Gasteiger partial charge in [-0.3, -0.25) is 37.3 Å². The molecule has 0 aromatic carbocycles. The first-order valence-electron chi connectivity index (χ1n) is 24.8. The van der Waals surface area contributed by atoms with E-state index in [2.05, 4.69) is 20.8 Å². The van der Waals surface area contributed by atoms with E-state index >= 15 is 0 Å². The first-order chi connectivity index (χ1) is 31.2. The third-order valence-corrected chi connectivity index (χ3v) is 12.3. The molecule has 3 N–H and O–H groups in total. The van der Waals surface area contributed by atoms with Gasteiger partial charge in [0.1, 0.15) is 19.3 Å². The van der Waals surface area contributed by atoms with E-state index < -0.39 is 97.5 Å². The number of carbonyl (C=O) groups is 4. The Balaban J connectivity index is 5.10. The predicted octanol–water partition coefficient (Wildman–Crippen LogP) is 10.9. The molecule has 0 saturated carbocycles. The Morgan fingerprint density at radius 1 is 0.369 bits per heavy atom. The van der Waals surface area contributed by atoms with E-state index in [9.17, 15) is 43.2 Å². The van der Waals surface area contributed by atoms with E-state index in [0.29, 0.717) is 25.7 Å². The molecule has 5 atom stereocenters. The lowest BCUT2D eigenvalue weighted by Gasteiger charge is -2.21. The van der Waals surface area contributed by atoms with Crippen LogP contribution in [0.1, 0.15) is 214 Å². The lowest BCUT2D eigenvalue weighted by Crippen LogP contribution is -2.30. The summed E-state index contributed by atoms with van der Waals surface area (Å²) in [4.78, 5) is 70.4. The minimum absolute atomic E-state index is 0.101. The van der Waals surface area contributed by atoms with Crippen LogP contribution >= 0.6 is 15.6 Å². The van der Waals surface area contributed by atoms with Crippen LogP contribution < -0.4 is 0 Å². The second kappa shape index (κ2) is 42.2. The lowest BCUT2D eigenvalue weighted by molar-refractivity contribution is -0.161. The van der Waals surface area contributed by atoms with Crippen molar-refractivity contribution in [3.63, 3.8) is 0 Å². The number of unbranched alkanes of at least 4 members (excludes halogenated alkanes) is 21. The van der Waals surface area contributed by atoms with Gasteiger partial charge in [-0.2, -0.15) is 0 Å². The molecule has 0 spiro atoms. The molecule has 0 radical (unpaired) electrons. The number of esters is 4. The van der Waals surface area contributed by atoms with Gasteiger partial charge in [0.05, 0.1) is 26.4 Å². The van der Waals surface area contributed by atoms with Gasteiger partial charge in [-0.1, -0.05) is 163 Å². The summed E-state index contributed by atoms with van der Waals surface area (Å²) in [7, 11) is -9.82. The molecule has 0 fully saturated rings. The number of hydrogen-bond donors (Lipinski definition) is 3. The van der Waals surface area contributed by atoms with Gasteiger partial charge in [0, 0.05) is 25.7 Å². The highest BCUT2D eigenvalue weighted by molar-refractivity contribution is 7.47. The molecule has 0 bridgehead atoms. The van der Waals surface area contributed by atoms with Crippen LogP contribution in [-0.2, 0) is 65.4 Å². The highest BCUT2D eigenvalue weighted by Gasteiger charge is 2.30. The normalized spacial score (nSPS) is 14.8. The fraction of sp³-hybridized carbons (Fsp3) is 0.913. The molecule has 17 nitrogen and oxygen atoms in total. The summed E-state index contributed by atoms with van der Waals surface area (Å²) < 4.78 is 66.5. The van der Waals surface area contributed by atoms with Gasteiger partial charge in [0.25, 0.3) is 0 Å². The van der Waals surface area contributed by atoms with Crippen LogP contribution in [0.25, 0.3) is 0 Å². The molecule has 384 valence electrons. The molecule has 0 heterocycles. The molecule has 19 heteroatoms. The topological polar surface area (TPSA) is 237 Å². The first-order valence-corrected chi connectivity index (χ1v) is 27.8. The SMILES string of the molecule is CCCCCCCCCCCC(=O)O[C@H](COC(=O)CCCCCCCCC)COP(=O)(O)OC[C@H](O)COP(=O)(O)OC[C@@H](COC(=O)CCCC)OC(=O)CCCCCCCCC. The minimum atomic E-state index is -4.91. The Hall–Kier alpha value is -1.94. The smallest absolute Gasteiger partial charge is 0.462 e. The van der Waals surface area contributed by atoms with Crippen molar-refractivity contribution in [2.24, 2.45) is 0 Å². The Kier molecular flexibility index (Phi) is 40.9. The summed E-state index contributed by atoms with van der Waals surface area (Å²) >= 11 is 0. The highest BCUT2D eigenvalue weighted by atomic mass is 31.2. The van der Waals surface area contributed by atoms with Crippen molar-refractivity contribution in [2.45, 2.75) is 232 Å². The number of hydrogen-bond acceptors (Lipinski definition) is 15. The molecule has 0 aromatic heterocycles. The van der Waals surface area contributed by atoms with Crippen molar-refractivity contribution < 1.29 is 80.2 Å². The molecular formula is C46H88O17P2. The van der Waals surface area contributed by atoms with Gasteiger partial charge in [-0.15, -0.1) is 0 Å². The molecule has 65 heavy (non-hydrogen) atoms. The minimum Gasteiger partial charge on any atom is -0.462 e. The zero-order valence-corrected chi connectivity index (χ0v) is 42.2. The maximum Gasteiger partial charge on any atom is 0.472 e. The molecule has 0 amide bonds. The number of rotatable bonds is 47. The van der Waals surface area contributed by atoms with Crippen LogP contribution in [0.15, 0.2) is 0 Å². The van der Waals surface area contributed by atoms with E-state index in [1.54, 1.807) is 0 Å². The zero-order chi connectivity index (χ0) is 48.4. The number of ether oxygens (including phenoxy) is 4. The van der Waals surface area contributed by atoms with Gasteiger partial charge in [0.2, 0.25) is 0 Å². The second-order valence-corrected chi connectivity index (χ2v) is 19.7. The van der Waals surface area contributed by atoms with Crippen molar-refractivity contribution >= 4 is 39.5 Å². The summed E-state index contributed by atoms with van der Waals surface area (Å²) in [5, 5.41) is 10.3. The molecule has 0 aromatic rings. The van der Waals surface area contributed by atoms with Crippen LogP contribution in [0.4, 0.5) is 0 Å². The van der Waals surface area contributed by atoms with E-state index in [1.807, 2.05) is 6.92 Å².